The largest absolute Gasteiger partial charge is 0.469 e. The van der Waals surface area contributed by atoms with Crippen LogP contribution in [-0.2, 0) is 52.5 Å². The lowest BCUT2D eigenvalue weighted by Gasteiger charge is -2.31. The second-order valence-corrected chi connectivity index (χ2v) is 14.2. The molecule has 0 spiro atoms. The molecule has 0 aliphatic rings. The monoisotopic (exact) mass is 723 g/mol. The molecule has 0 saturated heterocycles. The summed E-state index contributed by atoms with van der Waals surface area (Å²) < 4.78 is 32.5. The van der Waals surface area contributed by atoms with E-state index < -0.39 is 37.4 Å². The summed E-state index contributed by atoms with van der Waals surface area (Å²) in [7, 11) is -2.53. The number of rotatable bonds is 21. The lowest BCUT2D eigenvalue weighted by molar-refractivity contribution is -0.145. The van der Waals surface area contributed by atoms with Crippen molar-refractivity contribution in [3.63, 3.8) is 0 Å². The third kappa shape index (κ3) is 12.0. The molecule has 2 aromatic heterocycles. The second-order valence-electron chi connectivity index (χ2n) is 11.7. The first-order valence-corrected chi connectivity index (χ1v) is 18.8. The number of nitrogens with one attached hydrogen (secondary N) is 3. The number of nitrogens with zero attached hydrogens (tertiary/aromatic N) is 4. The number of ether oxygens (including phenoxy) is 3. The molecule has 274 valence electrons. The highest BCUT2D eigenvalue weighted by Gasteiger charge is 2.35. The minimum absolute atomic E-state index is 0.0494. The molecule has 51 heavy (non-hydrogen) atoms. The summed E-state index contributed by atoms with van der Waals surface area (Å²) in [6, 6.07) is 16.5. The molecule has 0 radical (unpaired) electrons. The topological polar surface area (TPSA) is 187 Å². The zero-order valence-corrected chi connectivity index (χ0v) is 30.1. The van der Waals surface area contributed by atoms with Crippen LogP contribution in [0.1, 0.15) is 31.4 Å². The van der Waals surface area contributed by atoms with Crippen LogP contribution in [-0.4, -0.2) is 101 Å². The zero-order chi connectivity index (χ0) is 36.6. The van der Waals surface area contributed by atoms with E-state index in [-0.39, 0.29) is 62.8 Å². The number of hydrogen-bond acceptors (Lipinski definition) is 11. The number of carbonyl (C=O) groups is 3. The molecule has 0 aliphatic heterocycles. The molecule has 16 heteroatoms. The Morgan fingerprint density at radius 3 is 1.96 bits per heavy atom. The van der Waals surface area contributed by atoms with E-state index in [0.717, 1.165) is 11.1 Å². The van der Waals surface area contributed by atoms with Gasteiger partial charge in [0.1, 0.15) is 12.1 Å². The van der Waals surface area contributed by atoms with Gasteiger partial charge in [-0.1, -0.05) is 60.7 Å². The van der Waals surface area contributed by atoms with Crippen molar-refractivity contribution >= 4 is 36.5 Å². The molecule has 2 atom stereocenters. The van der Waals surface area contributed by atoms with Crippen molar-refractivity contribution < 1.29 is 33.2 Å². The number of imidazole rings is 1. The van der Waals surface area contributed by atoms with E-state index in [1.54, 1.807) is 18.4 Å². The maximum atomic E-state index is 15.2. The molecule has 2 aromatic carbocycles. The van der Waals surface area contributed by atoms with Crippen LogP contribution in [0.3, 0.4) is 0 Å². The summed E-state index contributed by atoms with van der Waals surface area (Å²) in [5, 5.41) is 6.18. The van der Waals surface area contributed by atoms with Gasteiger partial charge in [0.05, 0.1) is 39.4 Å². The minimum Gasteiger partial charge on any atom is -0.469 e. The van der Waals surface area contributed by atoms with Gasteiger partial charge in [-0.25, -0.2) is 20.1 Å². The molecule has 0 bridgehead atoms. The van der Waals surface area contributed by atoms with Gasteiger partial charge in [-0.2, -0.15) is 0 Å². The van der Waals surface area contributed by atoms with Crippen molar-refractivity contribution in [3.8, 4) is 0 Å². The maximum Gasteiger partial charge on any atom is 0.323 e. The van der Waals surface area contributed by atoms with E-state index in [1.807, 2.05) is 65.6 Å². The SMILES string of the molecule is CCOC(=O)[C@H](Cc1ccccc1)NP(=O)(CCN(CCC(=O)OC)CCn1cnc2c(=O)[nH]cnc21)N[C@@H](Cc1ccccc1)C(=O)OCC. The van der Waals surface area contributed by atoms with Gasteiger partial charge < -0.3 is 28.7 Å². The Balaban J connectivity index is 1.64. The van der Waals surface area contributed by atoms with Gasteiger partial charge in [0.25, 0.3) is 5.56 Å². The van der Waals surface area contributed by atoms with Gasteiger partial charge in [0, 0.05) is 32.3 Å². The summed E-state index contributed by atoms with van der Waals surface area (Å²) in [5.74, 6) is -1.59. The number of esters is 3. The van der Waals surface area contributed by atoms with E-state index in [4.69, 9.17) is 14.2 Å². The zero-order valence-electron chi connectivity index (χ0n) is 29.2. The second kappa shape index (κ2) is 19.6. The third-order valence-corrected chi connectivity index (χ3v) is 10.4. The van der Waals surface area contributed by atoms with E-state index in [0.29, 0.717) is 18.7 Å². The van der Waals surface area contributed by atoms with Gasteiger partial charge >= 0.3 is 17.9 Å². The maximum absolute atomic E-state index is 15.2. The van der Waals surface area contributed by atoms with Gasteiger partial charge in [0.15, 0.2) is 11.2 Å². The Bertz CT molecular complexity index is 1750. The fourth-order valence-corrected chi connectivity index (χ4v) is 7.79. The van der Waals surface area contributed by atoms with E-state index >= 15 is 4.57 Å². The molecule has 0 saturated carbocycles. The van der Waals surface area contributed by atoms with Crippen molar-refractivity contribution in [2.75, 3.05) is 46.1 Å². The number of aromatic nitrogens is 4. The molecule has 3 N–H and O–H groups in total. The predicted octanol–water partition coefficient (Wildman–Crippen LogP) is 2.71. The quantitative estimate of drug-likeness (QED) is 0.0648. The Labute approximate surface area is 296 Å². The highest BCUT2D eigenvalue weighted by Crippen LogP contribution is 2.38. The molecular weight excluding hydrogens is 677 g/mol. The van der Waals surface area contributed by atoms with Crippen molar-refractivity contribution in [1.82, 2.24) is 34.6 Å². The Morgan fingerprint density at radius 2 is 1.43 bits per heavy atom. The molecule has 0 unspecified atom stereocenters. The van der Waals surface area contributed by atoms with Crippen molar-refractivity contribution in [2.45, 2.75) is 51.7 Å². The normalized spacial score (nSPS) is 12.8. The molecule has 0 aliphatic carbocycles. The summed E-state index contributed by atoms with van der Waals surface area (Å²) >= 11 is 0. The van der Waals surface area contributed by atoms with Crippen LogP contribution >= 0.6 is 7.44 Å². The number of carbonyl (C=O) groups excluding carboxylic acids is 3. The van der Waals surface area contributed by atoms with Crippen LogP contribution in [0.5, 0.6) is 0 Å². The lowest BCUT2D eigenvalue weighted by Crippen LogP contribution is -2.47. The first kappa shape index (κ1) is 39.1. The van der Waals surface area contributed by atoms with E-state index in [9.17, 15) is 19.2 Å². The molecule has 2 heterocycles. The standard InChI is InChI=1S/C35H46N7O8P/c1-4-49-34(45)28(22-26-12-8-6-9-13-26)39-51(47,40-29(35(46)50-5-2)23-27-14-10-7-11-15-27)21-20-41(17-16-30(43)48-3)18-19-42-25-38-31-32(42)36-24-37-33(31)44/h6-15,24-25,28-29H,4-5,16-23H2,1-3H3,(H,36,37,44)(H2,39,40,47)/t28-,29-/m0/s1. The van der Waals surface area contributed by atoms with Crippen LogP contribution in [0.25, 0.3) is 11.2 Å². The molecule has 0 fully saturated rings. The number of fused-ring (bicyclic) bond motifs is 1. The first-order valence-electron chi connectivity index (χ1n) is 16.9. The van der Waals surface area contributed by atoms with Crippen molar-refractivity contribution in [1.29, 1.82) is 0 Å². The summed E-state index contributed by atoms with van der Waals surface area (Å²) in [6.45, 7) is 4.76. The van der Waals surface area contributed by atoms with E-state index in [1.165, 1.54) is 19.8 Å². The van der Waals surface area contributed by atoms with Crippen LogP contribution in [0, 0.1) is 0 Å². The van der Waals surface area contributed by atoms with Gasteiger partial charge in [-0.05, 0) is 37.8 Å². The van der Waals surface area contributed by atoms with Crippen LogP contribution < -0.4 is 15.7 Å². The number of H-pyrrole nitrogens is 1. The van der Waals surface area contributed by atoms with Crippen LogP contribution in [0.2, 0.25) is 0 Å². The fraction of sp³-hybridized carbons (Fsp3) is 0.429. The van der Waals surface area contributed by atoms with Gasteiger partial charge in [-0.3, -0.25) is 23.7 Å². The molecule has 0 amide bonds. The lowest BCUT2D eigenvalue weighted by atomic mass is 10.1. The Hall–Kier alpha value is -4.69. The highest BCUT2D eigenvalue weighted by molar-refractivity contribution is 7.60. The minimum atomic E-state index is -3.83. The number of methoxy groups -OCH3 is 1. The van der Waals surface area contributed by atoms with Crippen molar-refractivity contribution in [3.05, 3.63) is 94.8 Å². The van der Waals surface area contributed by atoms with Crippen molar-refractivity contribution in [2.24, 2.45) is 0 Å². The molecular formula is C35H46N7O8P. The summed E-state index contributed by atoms with van der Waals surface area (Å²) in [4.78, 5) is 63.9. The number of benzene rings is 2. The van der Waals surface area contributed by atoms with Gasteiger partial charge in [-0.15, -0.1) is 0 Å². The molecule has 4 rings (SSSR count). The molecule has 4 aromatic rings. The van der Waals surface area contributed by atoms with E-state index in [2.05, 4.69) is 25.1 Å². The summed E-state index contributed by atoms with van der Waals surface area (Å²) in [5.41, 5.74) is 1.87. The number of aromatic amines is 1. The van der Waals surface area contributed by atoms with Crippen LogP contribution in [0.4, 0.5) is 0 Å². The average Bonchev–Trinajstić information content (AvgIpc) is 3.56. The predicted molar refractivity (Wildman–Crippen MR) is 191 cm³/mol. The molecule has 15 nitrogen and oxygen atoms in total. The van der Waals surface area contributed by atoms with Crippen LogP contribution in [0.15, 0.2) is 78.1 Å². The fourth-order valence-electron chi connectivity index (χ4n) is 5.49. The Morgan fingerprint density at radius 1 is 0.863 bits per heavy atom. The third-order valence-electron chi connectivity index (χ3n) is 8.09. The average molecular weight is 724 g/mol. The summed E-state index contributed by atoms with van der Waals surface area (Å²) in [6.07, 6.45) is 3.19. The smallest absolute Gasteiger partial charge is 0.323 e. The van der Waals surface area contributed by atoms with Gasteiger partial charge in [0.2, 0.25) is 7.44 Å². The number of hydrogen-bond donors (Lipinski definition) is 3. The Kier molecular flexibility index (Phi) is 15.1. The first-order chi connectivity index (χ1) is 24.6. The highest BCUT2D eigenvalue weighted by atomic mass is 31.2.